The first-order valence-corrected chi connectivity index (χ1v) is 5.65. The highest BCUT2D eigenvalue weighted by molar-refractivity contribution is 6.01. The summed E-state index contributed by atoms with van der Waals surface area (Å²) in [4.78, 5) is 16.0. The van der Waals surface area contributed by atoms with Crippen LogP contribution in [-0.4, -0.2) is 26.2 Å². The van der Waals surface area contributed by atoms with Crippen LogP contribution in [0.25, 0.3) is 0 Å². The molecule has 2 aromatic heterocycles. The van der Waals surface area contributed by atoms with Gasteiger partial charge in [0.1, 0.15) is 5.82 Å². The highest BCUT2D eigenvalue weighted by Gasteiger charge is 2.17. The minimum Gasteiger partial charge on any atom is -0.338 e. The summed E-state index contributed by atoms with van der Waals surface area (Å²) in [5.41, 5.74) is 1.53. The lowest BCUT2D eigenvalue weighted by Gasteiger charge is -1.98. The second kappa shape index (κ2) is 4.59. The van der Waals surface area contributed by atoms with E-state index in [1.54, 1.807) is 6.92 Å². The lowest BCUT2D eigenvalue weighted by Crippen LogP contribution is -2.14. The number of hydrogen-bond donors (Lipinski definition) is 2. The lowest BCUT2D eigenvalue weighted by atomic mass is 10.2. The minimum atomic E-state index is -0.419. The van der Waals surface area contributed by atoms with E-state index < -0.39 is 5.91 Å². The number of carbonyl (C=O) groups is 1. The average Bonchev–Trinajstić information content (AvgIpc) is 2.91. The molecule has 1 amide bonds. The smallest absolute Gasteiger partial charge is 0.297 e. The molecule has 0 saturated carbocycles. The van der Waals surface area contributed by atoms with Gasteiger partial charge in [0.25, 0.3) is 5.91 Å². The Morgan fingerprint density at radius 1 is 1.39 bits per heavy atom. The predicted molar refractivity (Wildman–Crippen MR) is 64.4 cm³/mol. The topological polar surface area (TPSA) is 96.7 Å². The Morgan fingerprint density at radius 2 is 2.11 bits per heavy atom. The summed E-state index contributed by atoms with van der Waals surface area (Å²) in [6.45, 7) is 7.55. The van der Waals surface area contributed by atoms with Gasteiger partial charge < -0.3 is 4.52 Å². The van der Waals surface area contributed by atoms with Crippen LogP contribution in [0.3, 0.4) is 0 Å². The summed E-state index contributed by atoms with van der Waals surface area (Å²) < 4.78 is 4.99. The molecular weight excluding hydrogens is 234 g/mol. The Hall–Kier alpha value is -2.18. The van der Waals surface area contributed by atoms with Crippen molar-refractivity contribution in [3.8, 4) is 0 Å². The fourth-order valence-electron chi connectivity index (χ4n) is 1.32. The maximum Gasteiger partial charge on any atom is 0.297 e. The number of carbonyl (C=O) groups excluding carboxylic acids is 1. The third-order valence-electron chi connectivity index (χ3n) is 2.64. The largest absolute Gasteiger partial charge is 0.338 e. The molecule has 0 aliphatic carbocycles. The van der Waals surface area contributed by atoms with E-state index in [0.29, 0.717) is 11.7 Å². The number of amides is 1. The molecule has 0 radical (unpaired) electrons. The van der Waals surface area contributed by atoms with Crippen LogP contribution in [-0.2, 0) is 0 Å². The van der Waals surface area contributed by atoms with E-state index >= 15 is 0 Å². The van der Waals surface area contributed by atoms with Crippen molar-refractivity contribution in [1.29, 1.82) is 0 Å². The molecule has 2 heterocycles. The number of aryl methyl sites for hydroxylation is 1. The number of rotatable bonds is 3. The van der Waals surface area contributed by atoms with Crippen LogP contribution >= 0.6 is 0 Å². The molecular formula is C11H15N5O2. The molecule has 2 aromatic rings. The molecule has 0 atom stereocenters. The van der Waals surface area contributed by atoms with Crippen molar-refractivity contribution in [2.45, 2.75) is 33.6 Å². The normalized spacial score (nSPS) is 10.9. The van der Waals surface area contributed by atoms with Crippen LogP contribution in [0.2, 0.25) is 0 Å². The van der Waals surface area contributed by atoms with E-state index in [-0.39, 0.29) is 11.7 Å². The van der Waals surface area contributed by atoms with Crippen LogP contribution in [0.15, 0.2) is 4.52 Å². The molecule has 2 rings (SSSR count). The molecule has 7 heteroatoms. The first kappa shape index (κ1) is 12.3. The summed E-state index contributed by atoms with van der Waals surface area (Å²) in [5.74, 6) is 0.858. The van der Waals surface area contributed by atoms with E-state index in [0.717, 1.165) is 11.3 Å². The third-order valence-corrected chi connectivity index (χ3v) is 2.64. The molecule has 18 heavy (non-hydrogen) atoms. The second-order valence-corrected chi connectivity index (χ2v) is 4.38. The number of nitrogens with zero attached hydrogens (tertiary/aromatic N) is 3. The predicted octanol–water partition coefficient (Wildman–Crippen LogP) is 1.79. The van der Waals surface area contributed by atoms with Crippen molar-refractivity contribution in [3.63, 3.8) is 0 Å². The van der Waals surface area contributed by atoms with Crippen molar-refractivity contribution in [2.24, 2.45) is 0 Å². The first-order valence-electron chi connectivity index (χ1n) is 5.65. The molecule has 0 bridgehead atoms. The molecule has 0 spiro atoms. The van der Waals surface area contributed by atoms with Crippen LogP contribution < -0.4 is 5.32 Å². The number of aromatic nitrogens is 4. The zero-order chi connectivity index (χ0) is 13.3. The molecule has 7 nitrogen and oxygen atoms in total. The van der Waals surface area contributed by atoms with E-state index in [1.807, 2.05) is 20.8 Å². The number of hydrogen-bond acceptors (Lipinski definition) is 5. The number of anilines is 1. The maximum atomic E-state index is 11.9. The number of nitrogens with one attached hydrogen (secondary N) is 2. The van der Waals surface area contributed by atoms with Crippen LogP contribution in [0.1, 0.15) is 47.5 Å². The Kier molecular flexibility index (Phi) is 3.14. The maximum absolute atomic E-state index is 11.9. The SMILES string of the molecule is Cc1noc(NC(=O)c2n[nH]c(C(C)C)n2)c1C. The lowest BCUT2D eigenvalue weighted by molar-refractivity contribution is 0.101. The highest BCUT2D eigenvalue weighted by Crippen LogP contribution is 2.18. The molecule has 0 aliphatic rings. The van der Waals surface area contributed by atoms with Crippen molar-refractivity contribution < 1.29 is 9.32 Å². The molecule has 0 aromatic carbocycles. The molecule has 0 fully saturated rings. The van der Waals surface area contributed by atoms with Gasteiger partial charge in [-0.05, 0) is 13.8 Å². The van der Waals surface area contributed by atoms with Crippen molar-refractivity contribution in [1.82, 2.24) is 20.3 Å². The summed E-state index contributed by atoms with van der Waals surface area (Å²) in [5, 5.41) is 12.9. The van der Waals surface area contributed by atoms with Gasteiger partial charge in [0.05, 0.1) is 5.69 Å². The van der Waals surface area contributed by atoms with Gasteiger partial charge >= 0.3 is 0 Å². The quantitative estimate of drug-likeness (QED) is 0.864. The van der Waals surface area contributed by atoms with Gasteiger partial charge in [0.15, 0.2) is 0 Å². The van der Waals surface area contributed by atoms with Crippen LogP contribution in [0.5, 0.6) is 0 Å². The standard InChI is InChI=1S/C11H15N5O2/c1-5(2)8-12-9(15-14-8)10(17)13-11-6(3)7(4)16-18-11/h5H,1-4H3,(H,13,17)(H,12,14,15). The van der Waals surface area contributed by atoms with Crippen molar-refractivity contribution >= 4 is 11.8 Å². The zero-order valence-corrected chi connectivity index (χ0v) is 10.7. The van der Waals surface area contributed by atoms with E-state index in [1.165, 1.54) is 0 Å². The fourth-order valence-corrected chi connectivity index (χ4v) is 1.32. The second-order valence-electron chi connectivity index (χ2n) is 4.38. The van der Waals surface area contributed by atoms with Gasteiger partial charge in [-0.2, -0.15) is 0 Å². The highest BCUT2D eigenvalue weighted by atomic mass is 16.5. The Bertz CT molecular complexity index is 570. The van der Waals surface area contributed by atoms with Gasteiger partial charge in [-0.3, -0.25) is 15.2 Å². The number of aromatic amines is 1. The summed E-state index contributed by atoms with van der Waals surface area (Å²) in [7, 11) is 0. The van der Waals surface area contributed by atoms with Crippen molar-refractivity contribution in [3.05, 3.63) is 22.9 Å². The molecule has 96 valence electrons. The van der Waals surface area contributed by atoms with Gasteiger partial charge in [-0.15, -0.1) is 5.10 Å². The van der Waals surface area contributed by atoms with E-state index in [2.05, 4.69) is 25.7 Å². The first-order chi connectivity index (χ1) is 8.49. The Morgan fingerprint density at radius 3 is 2.61 bits per heavy atom. The van der Waals surface area contributed by atoms with Crippen LogP contribution in [0, 0.1) is 13.8 Å². The number of H-pyrrole nitrogens is 1. The Labute approximate surface area is 104 Å². The van der Waals surface area contributed by atoms with E-state index in [9.17, 15) is 4.79 Å². The molecule has 0 saturated heterocycles. The van der Waals surface area contributed by atoms with Gasteiger partial charge in [0, 0.05) is 11.5 Å². The average molecular weight is 249 g/mol. The summed E-state index contributed by atoms with van der Waals surface area (Å²) in [6, 6.07) is 0. The molecule has 2 N–H and O–H groups in total. The van der Waals surface area contributed by atoms with Gasteiger partial charge in [-0.25, -0.2) is 4.98 Å². The summed E-state index contributed by atoms with van der Waals surface area (Å²) >= 11 is 0. The minimum absolute atomic E-state index is 0.0900. The van der Waals surface area contributed by atoms with Gasteiger partial charge in [0.2, 0.25) is 11.7 Å². The summed E-state index contributed by atoms with van der Waals surface area (Å²) in [6.07, 6.45) is 0. The monoisotopic (exact) mass is 249 g/mol. The van der Waals surface area contributed by atoms with Gasteiger partial charge in [-0.1, -0.05) is 19.0 Å². The molecule has 0 unspecified atom stereocenters. The van der Waals surface area contributed by atoms with E-state index in [4.69, 9.17) is 4.52 Å². The third kappa shape index (κ3) is 2.24. The van der Waals surface area contributed by atoms with Crippen LogP contribution in [0.4, 0.5) is 5.88 Å². The zero-order valence-electron chi connectivity index (χ0n) is 10.7. The molecule has 0 aliphatic heterocycles. The Balaban J connectivity index is 2.14. The van der Waals surface area contributed by atoms with Crippen molar-refractivity contribution in [2.75, 3.05) is 5.32 Å². The fraction of sp³-hybridized carbons (Fsp3) is 0.455.